The van der Waals surface area contributed by atoms with Crippen LogP contribution >= 0.6 is 0 Å². The van der Waals surface area contributed by atoms with Gasteiger partial charge in [0.1, 0.15) is 48.4 Å². The number of imidazole rings is 1. The molecule has 5 N–H and O–H groups in total. The van der Waals surface area contributed by atoms with Crippen LogP contribution in [0.2, 0.25) is 0 Å². The first-order valence-corrected chi connectivity index (χ1v) is 18.5. The molecule has 1 aromatic heterocycles. The molecule has 1 saturated heterocycles. The van der Waals surface area contributed by atoms with Crippen molar-refractivity contribution in [3.8, 4) is 23.0 Å². The summed E-state index contributed by atoms with van der Waals surface area (Å²) in [6, 6.07) is 7.01. The number of nitrogens with zero attached hydrogens (tertiary/aromatic N) is 3. The number of benzene rings is 3. The van der Waals surface area contributed by atoms with Crippen LogP contribution in [0, 0.1) is 15.9 Å². The zero-order valence-corrected chi connectivity index (χ0v) is 32.5. The number of aromatic hydroxyl groups is 2. The van der Waals surface area contributed by atoms with Crippen molar-refractivity contribution in [2.45, 2.75) is 82.6 Å². The van der Waals surface area contributed by atoms with Gasteiger partial charge in [0.15, 0.2) is 35.1 Å². The second-order valence-corrected chi connectivity index (χ2v) is 14.7. The Bertz CT molecular complexity index is 2450. The number of aliphatic hydroxyl groups is 2. The second-order valence-electron chi connectivity index (χ2n) is 14.7. The average molecular weight is 835 g/mol. The van der Waals surface area contributed by atoms with Crippen LogP contribution in [0.25, 0.3) is 0 Å². The third-order valence-electron chi connectivity index (χ3n) is 11.0. The van der Waals surface area contributed by atoms with Gasteiger partial charge in [-0.1, -0.05) is 23.2 Å². The first-order chi connectivity index (χ1) is 28.4. The number of nitro groups is 1. The molecule has 1 amide bonds. The van der Waals surface area contributed by atoms with E-state index in [2.05, 4.69) is 10.3 Å². The van der Waals surface area contributed by atoms with Crippen molar-refractivity contribution in [1.29, 1.82) is 0 Å². The minimum atomic E-state index is -2.16. The van der Waals surface area contributed by atoms with Gasteiger partial charge in [0.25, 0.3) is 0 Å². The molecule has 0 unspecified atom stereocenters. The smallest absolute Gasteiger partial charge is 0.434 e. The first-order valence-electron chi connectivity index (χ1n) is 18.5. The topological polar surface area (TPSA) is 268 Å². The van der Waals surface area contributed by atoms with Crippen LogP contribution in [0.4, 0.5) is 15.1 Å². The van der Waals surface area contributed by atoms with E-state index in [1.54, 1.807) is 0 Å². The summed E-state index contributed by atoms with van der Waals surface area (Å²) in [5.41, 5.74) is -3.24. The van der Waals surface area contributed by atoms with Gasteiger partial charge in [-0.05, 0) is 42.5 Å². The van der Waals surface area contributed by atoms with E-state index in [0.29, 0.717) is 5.69 Å². The lowest BCUT2D eigenvalue weighted by molar-refractivity contribution is -0.396. The molecule has 2 aliphatic carbocycles. The molecule has 1 fully saturated rings. The molecule has 0 saturated carbocycles. The summed E-state index contributed by atoms with van der Waals surface area (Å²) in [5, 5.41) is 59.4. The average Bonchev–Trinajstić information content (AvgIpc) is 3.58. The molecule has 6 atom stereocenters. The highest BCUT2D eigenvalue weighted by atomic mass is 19.1. The molecule has 60 heavy (non-hydrogen) atoms. The van der Waals surface area contributed by atoms with Crippen LogP contribution < -0.4 is 14.8 Å². The van der Waals surface area contributed by atoms with E-state index in [0.717, 1.165) is 13.0 Å². The van der Waals surface area contributed by atoms with Gasteiger partial charge in [-0.15, -0.1) is 0 Å². The summed E-state index contributed by atoms with van der Waals surface area (Å²) < 4.78 is 44.2. The Balaban J connectivity index is 1.06. The van der Waals surface area contributed by atoms with E-state index in [-0.39, 0.29) is 52.3 Å². The van der Waals surface area contributed by atoms with Crippen molar-refractivity contribution in [3.63, 3.8) is 0 Å². The summed E-state index contributed by atoms with van der Waals surface area (Å²) in [7, 11) is 2.72. The monoisotopic (exact) mass is 834 g/mol. The van der Waals surface area contributed by atoms with Crippen LogP contribution in [0.1, 0.15) is 87.0 Å². The standard InChI is InChI=1S/C40H39FN4O15/c1-17-33(47)24(43-39(52)58-15-19-8-9-25(23(41)10-19)57-16-20-14-42-38(44(20)3)45(54)55)11-28(59-17)60-27-13-40(53,18(2)46)12-22-30(27)37(51)32-31(35(22)49)34(48)21-6-5-7-26(56-4)29(21)36(32)50/h5-10,14,17,24,27-28,33,47,49,51,53H,11-13,15-16H2,1-4H3,(H,43,52)/t17-,24-,27-,28-,33+,40-/m0/s1. The van der Waals surface area contributed by atoms with Gasteiger partial charge in [-0.2, -0.15) is 0 Å². The molecule has 2 heterocycles. The zero-order valence-electron chi connectivity index (χ0n) is 32.5. The molecule has 4 aromatic rings. The number of amides is 1. The van der Waals surface area contributed by atoms with Crippen LogP contribution in [-0.4, -0.2) is 95.6 Å². The number of aromatic nitrogens is 2. The summed E-state index contributed by atoms with van der Waals surface area (Å²) in [5.74, 6) is -5.12. The zero-order chi connectivity index (χ0) is 43.4. The number of alkyl carbamates (subject to hydrolysis) is 1. The molecule has 3 aromatic carbocycles. The van der Waals surface area contributed by atoms with Gasteiger partial charge in [0, 0.05) is 36.0 Å². The van der Waals surface area contributed by atoms with E-state index in [1.165, 1.54) is 62.2 Å². The molecule has 19 nitrogen and oxygen atoms in total. The van der Waals surface area contributed by atoms with Crippen molar-refractivity contribution in [3.05, 3.63) is 103 Å². The normalized spacial score (nSPS) is 23.2. The summed E-state index contributed by atoms with van der Waals surface area (Å²) >= 11 is 0. The Morgan fingerprint density at radius 1 is 1.10 bits per heavy atom. The number of halogens is 1. The lowest BCUT2D eigenvalue weighted by Gasteiger charge is -2.42. The summed E-state index contributed by atoms with van der Waals surface area (Å²) in [6.07, 6.45) is -6.06. The summed E-state index contributed by atoms with van der Waals surface area (Å²) in [6.45, 7) is 1.98. The van der Waals surface area contributed by atoms with Crippen molar-refractivity contribution < 1.29 is 72.6 Å². The van der Waals surface area contributed by atoms with Crippen molar-refractivity contribution in [2.24, 2.45) is 7.05 Å². The first kappa shape index (κ1) is 41.7. The summed E-state index contributed by atoms with van der Waals surface area (Å²) in [4.78, 5) is 67.5. The number of fused-ring (bicyclic) bond motifs is 3. The van der Waals surface area contributed by atoms with E-state index in [9.17, 15) is 54.1 Å². The number of ketones is 3. The van der Waals surface area contributed by atoms with Crippen LogP contribution in [0.15, 0.2) is 42.6 Å². The lowest BCUT2D eigenvalue weighted by atomic mass is 9.72. The number of nitrogens with one attached hydrogen (secondary N) is 1. The largest absolute Gasteiger partial charge is 0.507 e. The van der Waals surface area contributed by atoms with Gasteiger partial charge >= 0.3 is 12.0 Å². The molecule has 20 heteroatoms. The SMILES string of the molecule is COc1cccc2c1C(=O)c1c(O)c3c(c(O)c1C2=O)C[C@@](O)(C(C)=O)C[C@@H]3O[C@H]1C[C@H](NC(=O)OCc2ccc(OCc3cnc([N+](=O)[O-])n3C)c(F)c2)[C@H](O)[C@H](C)O1. The quantitative estimate of drug-likeness (QED) is 0.0725. The number of aliphatic hydroxyl groups excluding tert-OH is 1. The molecule has 0 spiro atoms. The predicted molar refractivity (Wildman–Crippen MR) is 200 cm³/mol. The predicted octanol–water partition coefficient (Wildman–Crippen LogP) is 3.36. The van der Waals surface area contributed by atoms with Crippen molar-refractivity contribution in [1.82, 2.24) is 14.9 Å². The van der Waals surface area contributed by atoms with Gasteiger partial charge in [-0.25, -0.2) is 13.8 Å². The minimum Gasteiger partial charge on any atom is -0.507 e. The van der Waals surface area contributed by atoms with E-state index >= 15 is 0 Å². The van der Waals surface area contributed by atoms with Gasteiger partial charge < -0.3 is 59.5 Å². The van der Waals surface area contributed by atoms with Crippen LogP contribution in [-0.2, 0) is 45.7 Å². The van der Waals surface area contributed by atoms with E-state index in [1.807, 2.05) is 0 Å². The third kappa shape index (κ3) is 7.38. The Labute approximate surface area is 339 Å². The molecule has 7 rings (SSSR count). The highest BCUT2D eigenvalue weighted by molar-refractivity contribution is 6.31. The highest BCUT2D eigenvalue weighted by Crippen LogP contribution is 2.52. The third-order valence-corrected chi connectivity index (χ3v) is 11.0. The number of carbonyl (C=O) groups excluding carboxylic acids is 4. The fourth-order valence-corrected chi connectivity index (χ4v) is 7.75. The number of phenolic OH excluding ortho intramolecular Hbond substituents is 2. The molecular formula is C40H39FN4O15. The Morgan fingerprint density at radius 2 is 1.83 bits per heavy atom. The van der Waals surface area contributed by atoms with E-state index < -0.39 is 118 Å². The molecular weight excluding hydrogens is 795 g/mol. The number of Topliss-reactive ketones (excluding diaryl/α,β-unsaturated/α-hetero) is 1. The number of methoxy groups -OCH3 is 1. The molecule has 3 aliphatic rings. The minimum absolute atomic E-state index is 0.0531. The number of rotatable bonds is 11. The van der Waals surface area contributed by atoms with Crippen molar-refractivity contribution in [2.75, 3.05) is 7.11 Å². The van der Waals surface area contributed by atoms with Gasteiger partial charge in [0.05, 0.1) is 49.1 Å². The number of phenols is 2. The van der Waals surface area contributed by atoms with Gasteiger partial charge in [-0.3, -0.25) is 14.4 Å². The Morgan fingerprint density at radius 3 is 2.50 bits per heavy atom. The van der Waals surface area contributed by atoms with Gasteiger partial charge in [0.2, 0.25) is 5.78 Å². The van der Waals surface area contributed by atoms with E-state index in [4.69, 9.17) is 23.7 Å². The Kier molecular flexibility index (Phi) is 11.1. The second kappa shape index (κ2) is 15.9. The molecule has 1 aliphatic heterocycles. The lowest BCUT2D eigenvalue weighted by Crippen LogP contribution is -2.55. The number of ether oxygens (including phenoxy) is 5. The Hall–Kier alpha value is -6.48. The fraction of sp³-hybridized carbons (Fsp3) is 0.375. The number of hydrogen-bond acceptors (Lipinski definition) is 16. The maximum atomic E-state index is 14.9. The van der Waals surface area contributed by atoms with Crippen LogP contribution in [0.3, 0.4) is 0 Å². The van der Waals surface area contributed by atoms with Crippen LogP contribution in [0.5, 0.6) is 23.0 Å². The molecule has 0 bridgehead atoms. The fourth-order valence-electron chi connectivity index (χ4n) is 7.75. The molecule has 0 radical (unpaired) electrons. The maximum absolute atomic E-state index is 14.9. The highest BCUT2D eigenvalue weighted by Gasteiger charge is 2.49. The number of carbonyl (C=O) groups is 4. The number of hydrogen-bond donors (Lipinski definition) is 5. The van der Waals surface area contributed by atoms with Crippen molar-refractivity contribution >= 4 is 29.4 Å². The molecule has 316 valence electrons. The maximum Gasteiger partial charge on any atom is 0.434 e.